The van der Waals surface area contributed by atoms with Gasteiger partial charge in [-0.15, -0.1) is 0 Å². The van der Waals surface area contributed by atoms with Crippen LogP contribution in [0.25, 0.3) is 0 Å². The second-order valence-corrected chi connectivity index (χ2v) is 4.74. The van der Waals surface area contributed by atoms with E-state index in [9.17, 15) is 20.0 Å². The molecule has 8 nitrogen and oxygen atoms in total. The summed E-state index contributed by atoms with van der Waals surface area (Å²) in [6.45, 7) is 1.00. The number of aromatic nitrogens is 1. The molecule has 1 aromatic rings. The quantitative estimate of drug-likeness (QED) is 0.621. The number of piperidine rings is 1. The number of hydrogen-bond donors (Lipinski definition) is 2. The molecule has 1 aliphatic heterocycles. The highest BCUT2D eigenvalue weighted by atomic mass is 16.6. The van der Waals surface area contributed by atoms with Gasteiger partial charge in [0.1, 0.15) is 0 Å². The third kappa shape index (κ3) is 2.85. The molecule has 0 saturated carbocycles. The topological polar surface area (TPSA) is 117 Å². The molecule has 20 heavy (non-hydrogen) atoms. The molecule has 0 spiro atoms. The van der Waals surface area contributed by atoms with Crippen LogP contribution in [-0.4, -0.2) is 45.8 Å². The summed E-state index contributed by atoms with van der Waals surface area (Å²) in [5, 5.41) is 29.2. The molecule has 108 valence electrons. The first kappa shape index (κ1) is 14.2. The van der Waals surface area contributed by atoms with E-state index >= 15 is 0 Å². The molecule has 2 N–H and O–H groups in total. The van der Waals surface area contributed by atoms with Crippen molar-refractivity contribution in [2.24, 2.45) is 5.92 Å². The van der Waals surface area contributed by atoms with Crippen molar-refractivity contribution in [1.82, 2.24) is 4.98 Å². The number of aromatic carboxylic acids is 1. The lowest BCUT2D eigenvalue weighted by Gasteiger charge is -2.32. The van der Waals surface area contributed by atoms with Crippen LogP contribution >= 0.6 is 0 Å². The lowest BCUT2D eigenvalue weighted by Crippen LogP contribution is -2.37. The summed E-state index contributed by atoms with van der Waals surface area (Å²) in [6, 6.07) is 2.28. The minimum absolute atomic E-state index is 0.00290. The van der Waals surface area contributed by atoms with Crippen LogP contribution in [-0.2, 0) is 0 Å². The normalized spacial score (nSPS) is 18.9. The lowest BCUT2D eigenvalue weighted by molar-refractivity contribution is -0.384. The Balaban J connectivity index is 2.38. The van der Waals surface area contributed by atoms with Crippen molar-refractivity contribution in [3.63, 3.8) is 0 Å². The van der Waals surface area contributed by atoms with Gasteiger partial charge in [0.05, 0.1) is 4.92 Å². The molecule has 0 aliphatic carbocycles. The third-order valence-corrected chi connectivity index (χ3v) is 3.35. The average Bonchev–Trinajstić information content (AvgIpc) is 2.46. The number of rotatable bonds is 4. The second kappa shape index (κ2) is 5.83. The van der Waals surface area contributed by atoms with Gasteiger partial charge in [0, 0.05) is 25.8 Å². The van der Waals surface area contributed by atoms with Gasteiger partial charge in [-0.2, -0.15) is 0 Å². The molecule has 1 unspecified atom stereocenters. The summed E-state index contributed by atoms with van der Waals surface area (Å²) < 4.78 is 0. The molecule has 0 bridgehead atoms. The van der Waals surface area contributed by atoms with Crippen LogP contribution in [0.5, 0.6) is 0 Å². The predicted octanol–water partition coefficient (Wildman–Crippen LogP) is 0.897. The fourth-order valence-corrected chi connectivity index (χ4v) is 2.34. The van der Waals surface area contributed by atoms with Gasteiger partial charge in [0.2, 0.25) is 5.82 Å². The van der Waals surface area contributed by atoms with Crippen molar-refractivity contribution in [3.8, 4) is 0 Å². The summed E-state index contributed by atoms with van der Waals surface area (Å²) >= 11 is 0. The molecule has 1 atom stereocenters. The van der Waals surface area contributed by atoms with E-state index in [1.165, 1.54) is 0 Å². The Morgan fingerprint density at radius 1 is 1.55 bits per heavy atom. The summed E-state index contributed by atoms with van der Waals surface area (Å²) in [7, 11) is 0. The number of carboxylic acid groups (broad SMARTS) is 1. The van der Waals surface area contributed by atoms with E-state index in [1.807, 2.05) is 0 Å². The molecule has 8 heteroatoms. The monoisotopic (exact) mass is 281 g/mol. The van der Waals surface area contributed by atoms with Gasteiger partial charge in [-0.3, -0.25) is 10.1 Å². The molecule has 0 aromatic carbocycles. The highest BCUT2D eigenvalue weighted by Gasteiger charge is 2.27. The maximum atomic E-state index is 11.0. The van der Waals surface area contributed by atoms with E-state index in [2.05, 4.69) is 4.98 Å². The minimum atomic E-state index is -1.23. The number of pyridine rings is 1. The minimum Gasteiger partial charge on any atom is -0.477 e. The Bertz CT molecular complexity index is 534. The van der Waals surface area contributed by atoms with Gasteiger partial charge in [0.15, 0.2) is 5.69 Å². The summed E-state index contributed by atoms with van der Waals surface area (Å²) in [5.74, 6) is -1.14. The SMILES string of the molecule is O=C(O)c1ccc([N+](=O)[O-])c(N2CCCC(CO)C2)n1. The number of carbonyl (C=O) groups is 1. The van der Waals surface area contributed by atoms with E-state index in [0.717, 1.165) is 25.0 Å². The zero-order valence-corrected chi connectivity index (χ0v) is 10.7. The van der Waals surface area contributed by atoms with Crippen LogP contribution in [0.1, 0.15) is 23.3 Å². The summed E-state index contributed by atoms with van der Waals surface area (Å²) in [4.78, 5) is 27.0. The number of aliphatic hydroxyl groups excluding tert-OH is 1. The highest BCUT2D eigenvalue weighted by molar-refractivity contribution is 5.86. The largest absolute Gasteiger partial charge is 0.477 e. The van der Waals surface area contributed by atoms with Crippen LogP contribution in [0.15, 0.2) is 12.1 Å². The number of aliphatic hydroxyl groups is 1. The molecular weight excluding hydrogens is 266 g/mol. The Kier molecular flexibility index (Phi) is 4.14. The first-order valence-corrected chi connectivity index (χ1v) is 6.27. The summed E-state index contributed by atoms with van der Waals surface area (Å²) in [5.41, 5.74) is -0.440. The van der Waals surface area contributed by atoms with E-state index in [1.54, 1.807) is 4.90 Å². The maximum absolute atomic E-state index is 11.0. The van der Waals surface area contributed by atoms with Crippen LogP contribution in [0.4, 0.5) is 11.5 Å². The lowest BCUT2D eigenvalue weighted by atomic mass is 9.99. The number of hydrogen-bond acceptors (Lipinski definition) is 6. The summed E-state index contributed by atoms with van der Waals surface area (Å²) in [6.07, 6.45) is 1.63. The Morgan fingerprint density at radius 2 is 2.30 bits per heavy atom. The molecule has 0 amide bonds. The number of carboxylic acids is 1. The van der Waals surface area contributed by atoms with E-state index in [-0.39, 0.29) is 29.7 Å². The van der Waals surface area contributed by atoms with Crippen molar-refractivity contribution in [1.29, 1.82) is 0 Å². The van der Waals surface area contributed by atoms with E-state index in [0.29, 0.717) is 13.1 Å². The van der Waals surface area contributed by atoms with Crippen LogP contribution in [0.3, 0.4) is 0 Å². The first-order chi connectivity index (χ1) is 9.52. The van der Waals surface area contributed by atoms with E-state index < -0.39 is 10.9 Å². The smallest absolute Gasteiger partial charge is 0.354 e. The van der Waals surface area contributed by atoms with Crippen molar-refractivity contribution in [2.45, 2.75) is 12.8 Å². The second-order valence-electron chi connectivity index (χ2n) is 4.74. The Morgan fingerprint density at radius 3 is 2.90 bits per heavy atom. The zero-order valence-electron chi connectivity index (χ0n) is 10.7. The van der Waals surface area contributed by atoms with Crippen LogP contribution in [0, 0.1) is 16.0 Å². The van der Waals surface area contributed by atoms with Gasteiger partial charge in [-0.05, 0) is 24.8 Å². The van der Waals surface area contributed by atoms with Crippen molar-refractivity contribution in [2.75, 3.05) is 24.6 Å². The van der Waals surface area contributed by atoms with Crippen LogP contribution in [0.2, 0.25) is 0 Å². The molecule has 1 saturated heterocycles. The van der Waals surface area contributed by atoms with Gasteiger partial charge >= 0.3 is 11.7 Å². The number of anilines is 1. The molecule has 1 aliphatic rings. The van der Waals surface area contributed by atoms with E-state index in [4.69, 9.17) is 5.11 Å². The fraction of sp³-hybridized carbons (Fsp3) is 0.500. The molecule has 1 aromatic heterocycles. The molecular formula is C12H15N3O5. The standard InChI is InChI=1S/C12H15N3O5/c16-7-8-2-1-5-14(6-8)11-10(15(19)20)4-3-9(13-11)12(17)18/h3-4,8,16H,1-2,5-7H2,(H,17,18). The van der Waals surface area contributed by atoms with Crippen molar-refractivity contribution in [3.05, 3.63) is 27.9 Å². The Hall–Kier alpha value is -2.22. The third-order valence-electron chi connectivity index (χ3n) is 3.35. The van der Waals surface area contributed by atoms with Gasteiger partial charge in [-0.1, -0.05) is 0 Å². The van der Waals surface area contributed by atoms with Gasteiger partial charge in [0.25, 0.3) is 0 Å². The zero-order chi connectivity index (χ0) is 14.7. The Labute approximate surface area is 114 Å². The average molecular weight is 281 g/mol. The van der Waals surface area contributed by atoms with Crippen LogP contribution < -0.4 is 4.90 Å². The highest BCUT2D eigenvalue weighted by Crippen LogP contribution is 2.29. The van der Waals surface area contributed by atoms with Gasteiger partial charge < -0.3 is 15.1 Å². The molecule has 2 heterocycles. The van der Waals surface area contributed by atoms with Crippen molar-refractivity contribution >= 4 is 17.5 Å². The fourth-order valence-electron chi connectivity index (χ4n) is 2.34. The van der Waals surface area contributed by atoms with Crippen molar-refractivity contribution < 1.29 is 19.9 Å². The molecule has 0 radical (unpaired) electrons. The predicted molar refractivity (Wildman–Crippen MR) is 69.9 cm³/mol. The first-order valence-electron chi connectivity index (χ1n) is 6.27. The molecule has 1 fully saturated rings. The molecule has 2 rings (SSSR count). The number of nitrogens with zero attached hydrogens (tertiary/aromatic N) is 3. The number of nitro groups is 1. The van der Waals surface area contributed by atoms with Gasteiger partial charge in [-0.25, -0.2) is 9.78 Å². The maximum Gasteiger partial charge on any atom is 0.354 e.